The van der Waals surface area contributed by atoms with E-state index < -0.39 is 0 Å². The minimum absolute atomic E-state index is 0.779. The van der Waals surface area contributed by atoms with Crippen molar-refractivity contribution in [3.05, 3.63) is 45.4 Å². The zero-order chi connectivity index (χ0) is 12.8. The van der Waals surface area contributed by atoms with E-state index in [2.05, 4.69) is 22.6 Å². The lowest BCUT2D eigenvalue weighted by atomic mass is 10.4. The van der Waals surface area contributed by atoms with Crippen LogP contribution in [0, 0.1) is 0 Å². The maximum atomic E-state index is 5.85. The van der Waals surface area contributed by atoms with E-state index in [4.69, 9.17) is 11.6 Å². The fraction of sp³-hybridized carbons (Fsp3) is 0.308. The van der Waals surface area contributed by atoms with Crippen LogP contribution in [0.1, 0.15) is 17.6 Å². The Morgan fingerprint density at radius 2 is 2.11 bits per heavy atom. The summed E-state index contributed by atoms with van der Waals surface area (Å²) in [6, 6.07) is 7.92. The minimum atomic E-state index is 0.779. The molecule has 2 rings (SSSR count). The number of rotatable bonds is 6. The summed E-state index contributed by atoms with van der Waals surface area (Å²) in [6.07, 6.45) is 0. The number of thiazole rings is 1. The zero-order valence-corrected chi connectivity index (χ0v) is 12.5. The summed E-state index contributed by atoms with van der Waals surface area (Å²) in [5.41, 5.74) is 1.13. The Hall–Kier alpha value is -0.550. The van der Waals surface area contributed by atoms with E-state index in [1.807, 2.05) is 24.3 Å². The van der Waals surface area contributed by atoms with Crippen LogP contribution in [0.2, 0.25) is 5.02 Å². The quantitative estimate of drug-likeness (QED) is 0.809. The van der Waals surface area contributed by atoms with Gasteiger partial charge in [-0.25, -0.2) is 4.98 Å². The fourth-order valence-corrected chi connectivity index (χ4v) is 3.26. The van der Waals surface area contributed by atoms with Crippen molar-refractivity contribution in [2.75, 3.05) is 6.54 Å². The number of benzene rings is 1. The molecule has 18 heavy (non-hydrogen) atoms. The van der Waals surface area contributed by atoms with Crippen molar-refractivity contribution in [2.24, 2.45) is 0 Å². The summed E-state index contributed by atoms with van der Waals surface area (Å²) in [5, 5.41) is 7.35. The molecule has 0 amide bonds. The molecule has 0 bridgehead atoms. The first-order valence-corrected chi connectivity index (χ1v) is 8.04. The highest BCUT2D eigenvalue weighted by Crippen LogP contribution is 2.25. The van der Waals surface area contributed by atoms with Crippen LogP contribution in [-0.4, -0.2) is 11.5 Å². The second kappa shape index (κ2) is 7.14. The van der Waals surface area contributed by atoms with Crippen LogP contribution in [0.25, 0.3) is 0 Å². The van der Waals surface area contributed by atoms with Gasteiger partial charge in [-0.15, -0.1) is 23.1 Å². The highest BCUT2D eigenvalue weighted by Gasteiger charge is 2.02. The van der Waals surface area contributed by atoms with Crippen molar-refractivity contribution in [3.8, 4) is 0 Å². The molecule has 0 aliphatic carbocycles. The monoisotopic (exact) mass is 298 g/mol. The average Bonchev–Trinajstić information content (AvgIpc) is 2.84. The van der Waals surface area contributed by atoms with Crippen molar-refractivity contribution in [2.45, 2.75) is 24.1 Å². The van der Waals surface area contributed by atoms with Gasteiger partial charge in [-0.3, -0.25) is 0 Å². The Morgan fingerprint density at radius 1 is 1.33 bits per heavy atom. The van der Waals surface area contributed by atoms with E-state index in [0.717, 1.165) is 29.6 Å². The van der Waals surface area contributed by atoms with Crippen LogP contribution in [0.3, 0.4) is 0 Å². The van der Waals surface area contributed by atoms with E-state index in [9.17, 15) is 0 Å². The van der Waals surface area contributed by atoms with Crippen LogP contribution in [0.15, 0.2) is 34.5 Å². The van der Waals surface area contributed by atoms with Crippen molar-refractivity contribution in [1.29, 1.82) is 0 Å². The number of hydrogen-bond donors (Lipinski definition) is 1. The molecule has 0 saturated carbocycles. The average molecular weight is 299 g/mol. The summed E-state index contributed by atoms with van der Waals surface area (Å²) in [7, 11) is 0. The zero-order valence-electron chi connectivity index (χ0n) is 10.1. The van der Waals surface area contributed by atoms with E-state index in [-0.39, 0.29) is 0 Å². The molecule has 0 radical (unpaired) electrons. The second-order valence-electron chi connectivity index (χ2n) is 3.76. The molecular formula is C13H15ClN2S2. The van der Waals surface area contributed by atoms with Gasteiger partial charge in [0.1, 0.15) is 5.01 Å². The van der Waals surface area contributed by atoms with Gasteiger partial charge in [0, 0.05) is 21.8 Å². The molecule has 2 nitrogen and oxygen atoms in total. The van der Waals surface area contributed by atoms with Crippen LogP contribution >= 0.6 is 34.7 Å². The summed E-state index contributed by atoms with van der Waals surface area (Å²) >= 11 is 9.37. The van der Waals surface area contributed by atoms with Gasteiger partial charge in [0.2, 0.25) is 0 Å². The van der Waals surface area contributed by atoms with Gasteiger partial charge in [0.05, 0.1) is 11.4 Å². The van der Waals surface area contributed by atoms with Gasteiger partial charge in [-0.05, 0) is 30.8 Å². The highest BCUT2D eigenvalue weighted by atomic mass is 35.5. The molecule has 1 heterocycles. The first-order valence-electron chi connectivity index (χ1n) is 5.80. The molecule has 1 aromatic heterocycles. The van der Waals surface area contributed by atoms with Crippen molar-refractivity contribution in [3.63, 3.8) is 0 Å². The number of thioether (sulfide) groups is 1. The number of aromatic nitrogens is 1. The standard InChI is InChI=1S/C13H15ClN2S2/c1-2-15-7-11-8-18-13(16-11)9-17-12-5-3-10(14)4-6-12/h3-6,8,15H,2,7,9H2,1H3. The molecule has 0 saturated heterocycles. The molecule has 0 aliphatic heterocycles. The van der Waals surface area contributed by atoms with Gasteiger partial charge < -0.3 is 5.32 Å². The van der Waals surface area contributed by atoms with Crippen LogP contribution in [0.5, 0.6) is 0 Å². The van der Waals surface area contributed by atoms with E-state index >= 15 is 0 Å². The lowest BCUT2D eigenvalue weighted by Gasteiger charge is -1.99. The summed E-state index contributed by atoms with van der Waals surface area (Å²) in [5.74, 6) is 0.915. The molecule has 1 N–H and O–H groups in total. The van der Waals surface area contributed by atoms with Gasteiger partial charge in [-0.2, -0.15) is 0 Å². The van der Waals surface area contributed by atoms with Gasteiger partial charge in [0.25, 0.3) is 0 Å². The van der Waals surface area contributed by atoms with Crippen LogP contribution in [0.4, 0.5) is 0 Å². The first-order chi connectivity index (χ1) is 8.78. The molecule has 0 spiro atoms. The Balaban J connectivity index is 1.86. The Bertz CT molecular complexity index is 482. The topological polar surface area (TPSA) is 24.9 Å². The Kier molecular flexibility index (Phi) is 5.50. The smallest absolute Gasteiger partial charge is 0.103 e. The third kappa shape index (κ3) is 4.28. The summed E-state index contributed by atoms with van der Waals surface area (Å²) in [4.78, 5) is 5.81. The first kappa shape index (κ1) is 13.9. The van der Waals surface area contributed by atoms with E-state index in [1.165, 1.54) is 9.90 Å². The van der Waals surface area contributed by atoms with Gasteiger partial charge in [0.15, 0.2) is 0 Å². The van der Waals surface area contributed by atoms with E-state index in [0.29, 0.717) is 0 Å². The summed E-state index contributed by atoms with van der Waals surface area (Å²) in [6.45, 7) is 3.94. The maximum absolute atomic E-state index is 5.85. The van der Waals surface area contributed by atoms with Crippen molar-refractivity contribution < 1.29 is 0 Å². The van der Waals surface area contributed by atoms with Crippen molar-refractivity contribution in [1.82, 2.24) is 10.3 Å². The van der Waals surface area contributed by atoms with Crippen LogP contribution < -0.4 is 5.32 Å². The van der Waals surface area contributed by atoms with E-state index in [1.54, 1.807) is 23.1 Å². The maximum Gasteiger partial charge on any atom is 0.103 e. The van der Waals surface area contributed by atoms with Gasteiger partial charge in [-0.1, -0.05) is 18.5 Å². The number of halogens is 1. The third-order valence-electron chi connectivity index (χ3n) is 2.33. The molecule has 5 heteroatoms. The SMILES string of the molecule is CCNCc1csc(CSc2ccc(Cl)cc2)n1. The lowest BCUT2D eigenvalue weighted by Crippen LogP contribution is -2.11. The molecular weight excluding hydrogens is 284 g/mol. The Morgan fingerprint density at radius 3 is 2.83 bits per heavy atom. The molecule has 2 aromatic rings. The number of nitrogens with zero attached hydrogens (tertiary/aromatic N) is 1. The third-order valence-corrected chi connectivity index (χ3v) is 4.69. The molecule has 1 aromatic carbocycles. The lowest BCUT2D eigenvalue weighted by molar-refractivity contribution is 0.713. The second-order valence-corrected chi connectivity index (χ2v) is 6.18. The molecule has 0 atom stereocenters. The normalized spacial score (nSPS) is 10.8. The largest absolute Gasteiger partial charge is 0.311 e. The molecule has 0 aliphatic rings. The highest BCUT2D eigenvalue weighted by molar-refractivity contribution is 7.98. The molecule has 96 valence electrons. The van der Waals surface area contributed by atoms with Crippen molar-refractivity contribution >= 4 is 34.7 Å². The molecule has 0 fully saturated rings. The number of nitrogens with one attached hydrogen (secondary N) is 1. The Labute approximate surface area is 121 Å². The summed E-state index contributed by atoms with van der Waals surface area (Å²) < 4.78 is 0. The minimum Gasteiger partial charge on any atom is -0.311 e. The molecule has 0 unspecified atom stereocenters. The van der Waals surface area contributed by atoms with Crippen LogP contribution in [-0.2, 0) is 12.3 Å². The predicted molar refractivity (Wildman–Crippen MR) is 80.5 cm³/mol. The predicted octanol–water partition coefficient (Wildman–Crippen LogP) is 4.20. The van der Waals surface area contributed by atoms with Gasteiger partial charge >= 0.3 is 0 Å². The number of hydrogen-bond acceptors (Lipinski definition) is 4. The fourth-order valence-electron chi connectivity index (χ4n) is 1.43.